The van der Waals surface area contributed by atoms with Crippen molar-refractivity contribution >= 4 is 29.4 Å². The summed E-state index contributed by atoms with van der Waals surface area (Å²) in [5.74, 6) is 0.908. The standard InChI is InChI=1S/C14H19NOS2/c1-3-4-9-15-13(16)10-18-14(15)11-5-7-12(17-2)8-6-11/h5-8,14H,3-4,9-10H2,1-2H3. The van der Waals surface area contributed by atoms with Crippen LogP contribution in [0.1, 0.15) is 30.7 Å². The van der Waals surface area contributed by atoms with Crippen LogP contribution in [-0.4, -0.2) is 29.4 Å². The Bertz CT molecular complexity index is 405. The minimum Gasteiger partial charge on any atom is -0.326 e. The first-order valence-electron chi connectivity index (χ1n) is 6.31. The molecule has 0 spiro atoms. The third kappa shape index (κ3) is 3.04. The highest BCUT2D eigenvalue weighted by atomic mass is 32.2. The third-order valence-corrected chi connectivity index (χ3v) is 5.12. The number of hydrogen-bond donors (Lipinski definition) is 0. The summed E-state index contributed by atoms with van der Waals surface area (Å²) >= 11 is 3.49. The van der Waals surface area contributed by atoms with Gasteiger partial charge in [0.1, 0.15) is 5.37 Å². The molecule has 0 aliphatic carbocycles. The van der Waals surface area contributed by atoms with Crippen molar-refractivity contribution in [2.45, 2.75) is 30.0 Å². The second-order valence-electron chi connectivity index (χ2n) is 4.38. The van der Waals surface area contributed by atoms with Crippen molar-refractivity contribution in [3.63, 3.8) is 0 Å². The lowest BCUT2D eigenvalue weighted by molar-refractivity contribution is -0.128. The summed E-state index contributed by atoms with van der Waals surface area (Å²) in [6.45, 7) is 3.05. The van der Waals surface area contributed by atoms with Gasteiger partial charge in [-0.3, -0.25) is 4.79 Å². The van der Waals surface area contributed by atoms with Gasteiger partial charge >= 0.3 is 0 Å². The van der Waals surface area contributed by atoms with Crippen molar-refractivity contribution in [1.29, 1.82) is 0 Å². The van der Waals surface area contributed by atoms with Crippen molar-refractivity contribution in [1.82, 2.24) is 4.90 Å². The van der Waals surface area contributed by atoms with E-state index in [1.807, 2.05) is 4.90 Å². The molecule has 1 amide bonds. The van der Waals surface area contributed by atoms with Gasteiger partial charge in [0.05, 0.1) is 5.75 Å². The first-order valence-corrected chi connectivity index (χ1v) is 8.58. The number of unbranched alkanes of at least 4 members (excludes halogenated alkanes) is 1. The average molecular weight is 281 g/mol. The summed E-state index contributed by atoms with van der Waals surface area (Å²) in [5, 5.41) is 0.222. The highest BCUT2D eigenvalue weighted by Gasteiger charge is 2.31. The summed E-state index contributed by atoms with van der Waals surface area (Å²) in [7, 11) is 0. The zero-order valence-corrected chi connectivity index (χ0v) is 12.5. The molecule has 1 atom stereocenters. The largest absolute Gasteiger partial charge is 0.326 e. The van der Waals surface area contributed by atoms with E-state index in [2.05, 4.69) is 37.4 Å². The van der Waals surface area contributed by atoms with Crippen LogP contribution in [0.5, 0.6) is 0 Å². The highest BCUT2D eigenvalue weighted by molar-refractivity contribution is 8.00. The first kappa shape index (κ1) is 13.8. The van der Waals surface area contributed by atoms with E-state index in [0.717, 1.165) is 19.4 Å². The van der Waals surface area contributed by atoms with Gasteiger partial charge < -0.3 is 4.90 Å². The summed E-state index contributed by atoms with van der Waals surface area (Å²) in [4.78, 5) is 15.2. The number of carbonyl (C=O) groups is 1. The molecule has 98 valence electrons. The Balaban J connectivity index is 2.12. The maximum atomic E-state index is 11.9. The van der Waals surface area contributed by atoms with Crippen LogP contribution >= 0.6 is 23.5 Å². The van der Waals surface area contributed by atoms with Crippen molar-refractivity contribution in [2.24, 2.45) is 0 Å². The zero-order chi connectivity index (χ0) is 13.0. The molecule has 2 nitrogen and oxygen atoms in total. The first-order chi connectivity index (χ1) is 8.76. The van der Waals surface area contributed by atoms with E-state index in [-0.39, 0.29) is 11.3 Å². The van der Waals surface area contributed by atoms with Crippen molar-refractivity contribution in [3.8, 4) is 0 Å². The van der Waals surface area contributed by atoms with E-state index in [1.54, 1.807) is 23.5 Å². The summed E-state index contributed by atoms with van der Waals surface area (Å²) in [5.41, 5.74) is 1.25. The van der Waals surface area contributed by atoms with Crippen molar-refractivity contribution < 1.29 is 4.79 Å². The van der Waals surface area contributed by atoms with E-state index in [0.29, 0.717) is 5.75 Å². The number of rotatable bonds is 5. The number of hydrogen-bond acceptors (Lipinski definition) is 3. The lowest BCUT2D eigenvalue weighted by Crippen LogP contribution is -2.29. The van der Waals surface area contributed by atoms with Gasteiger partial charge in [-0.1, -0.05) is 25.5 Å². The molecule has 1 aliphatic rings. The molecule has 1 saturated heterocycles. The van der Waals surface area contributed by atoms with Crippen LogP contribution in [-0.2, 0) is 4.79 Å². The number of benzene rings is 1. The van der Waals surface area contributed by atoms with Crippen molar-refractivity contribution in [3.05, 3.63) is 29.8 Å². The van der Waals surface area contributed by atoms with Gasteiger partial charge in [0, 0.05) is 11.4 Å². The molecule has 4 heteroatoms. The fraction of sp³-hybridized carbons (Fsp3) is 0.500. The van der Waals surface area contributed by atoms with E-state index in [9.17, 15) is 4.79 Å². The minimum absolute atomic E-state index is 0.222. The van der Waals surface area contributed by atoms with Gasteiger partial charge in [0.2, 0.25) is 5.91 Å². The quantitative estimate of drug-likeness (QED) is 0.766. The van der Waals surface area contributed by atoms with Crippen LogP contribution in [0.3, 0.4) is 0 Å². The Morgan fingerprint density at radius 2 is 2.11 bits per heavy atom. The molecule has 1 fully saturated rings. The van der Waals surface area contributed by atoms with E-state index in [1.165, 1.54) is 10.5 Å². The fourth-order valence-electron chi connectivity index (χ4n) is 2.07. The predicted octanol–water partition coefficient (Wildman–Crippen LogP) is 3.78. The molecule has 1 unspecified atom stereocenters. The topological polar surface area (TPSA) is 20.3 Å². The van der Waals surface area contributed by atoms with Gasteiger partial charge in [-0.05, 0) is 30.4 Å². The van der Waals surface area contributed by atoms with Gasteiger partial charge in [-0.15, -0.1) is 23.5 Å². The normalized spacial score (nSPS) is 19.6. The molecule has 0 aromatic heterocycles. The summed E-state index contributed by atoms with van der Waals surface area (Å²) in [6, 6.07) is 8.59. The molecule has 1 aromatic rings. The molecule has 18 heavy (non-hydrogen) atoms. The summed E-state index contributed by atoms with van der Waals surface area (Å²) in [6.07, 6.45) is 4.30. The van der Waals surface area contributed by atoms with Gasteiger partial charge in [-0.25, -0.2) is 0 Å². The predicted molar refractivity (Wildman–Crippen MR) is 80.0 cm³/mol. The second kappa shape index (κ2) is 6.53. The molecular formula is C14H19NOS2. The average Bonchev–Trinajstić information content (AvgIpc) is 2.78. The molecule has 1 aromatic carbocycles. The minimum atomic E-state index is 0.222. The lowest BCUT2D eigenvalue weighted by Gasteiger charge is -2.24. The molecule has 0 radical (unpaired) electrons. The molecule has 0 saturated carbocycles. The third-order valence-electron chi connectivity index (χ3n) is 3.12. The molecule has 0 N–H and O–H groups in total. The Kier molecular flexibility index (Phi) is 5.01. The molecule has 1 heterocycles. The number of amides is 1. The monoisotopic (exact) mass is 281 g/mol. The number of thioether (sulfide) groups is 2. The van der Waals surface area contributed by atoms with E-state index >= 15 is 0 Å². The Hall–Kier alpha value is -0.610. The summed E-state index contributed by atoms with van der Waals surface area (Å²) < 4.78 is 0. The zero-order valence-electron chi connectivity index (χ0n) is 10.9. The van der Waals surface area contributed by atoms with Crippen molar-refractivity contribution in [2.75, 3.05) is 18.6 Å². The highest BCUT2D eigenvalue weighted by Crippen LogP contribution is 2.39. The molecule has 1 aliphatic heterocycles. The van der Waals surface area contributed by atoms with Gasteiger partial charge in [-0.2, -0.15) is 0 Å². The fourth-order valence-corrected chi connectivity index (χ4v) is 3.70. The van der Waals surface area contributed by atoms with Crippen LogP contribution in [0.15, 0.2) is 29.2 Å². The Labute approximate surface area is 118 Å². The van der Waals surface area contributed by atoms with Crippen LogP contribution in [0.25, 0.3) is 0 Å². The SMILES string of the molecule is CCCCN1C(=O)CSC1c1ccc(SC)cc1. The Morgan fingerprint density at radius 1 is 1.39 bits per heavy atom. The Morgan fingerprint density at radius 3 is 2.72 bits per heavy atom. The van der Waals surface area contributed by atoms with Crippen LogP contribution in [0, 0.1) is 0 Å². The molecule has 0 bridgehead atoms. The maximum Gasteiger partial charge on any atom is 0.233 e. The van der Waals surface area contributed by atoms with E-state index < -0.39 is 0 Å². The smallest absolute Gasteiger partial charge is 0.233 e. The number of nitrogens with zero attached hydrogens (tertiary/aromatic N) is 1. The lowest BCUT2D eigenvalue weighted by atomic mass is 10.2. The second-order valence-corrected chi connectivity index (χ2v) is 6.33. The van der Waals surface area contributed by atoms with Crippen LogP contribution < -0.4 is 0 Å². The molecular weight excluding hydrogens is 262 g/mol. The van der Waals surface area contributed by atoms with Crippen LogP contribution in [0.4, 0.5) is 0 Å². The number of carbonyl (C=O) groups excluding carboxylic acids is 1. The van der Waals surface area contributed by atoms with Gasteiger partial charge in [0.15, 0.2) is 0 Å². The van der Waals surface area contributed by atoms with Crippen LogP contribution in [0.2, 0.25) is 0 Å². The van der Waals surface area contributed by atoms with Gasteiger partial charge in [0.25, 0.3) is 0 Å². The maximum absolute atomic E-state index is 11.9. The van der Waals surface area contributed by atoms with E-state index in [4.69, 9.17) is 0 Å². The molecule has 2 rings (SSSR count).